The highest BCUT2D eigenvalue weighted by atomic mass is 35.5. The van der Waals surface area contributed by atoms with Crippen molar-refractivity contribution in [3.8, 4) is 0 Å². The Morgan fingerprint density at radius 2 is 2.00 bits per heavy atom. The monoisotopic (exact) mass is 433 g/mol. The van der Waals surface area contributed by atoms with Gasteiger partial charge < -0.3 is 20.7 Å². The Kier molecular flexibility index (Phi) is 11.0. The molecular formula is C19H33Cl2N5O2. The molecule has 1 aliphatic heterocycles. The van der Waals surface area contributed by atoms with Crippen LogP contribution < -0.4 is 16.0 Å². The van der Waals surface area contributed by atoms with Gasteiger partial charge in [0.05, 0.1) is 12.3 Å². The van der Waals surface area contributed by atoms with Crippen molar-refractivity contribution in [2.24, 2.45) is 11.7 Å². The second-order valence-corrected chi connectivity index (χ2v) is 7.42. The van der Waals surface area contributed by atoms with E-state index in [2.05, 4.69) is 27.1 Å². The molecule has 3 atom stereocenters. The number of aromatic nitrogens is 2. The first-order valence-corrected chi connectivity index (χ1v) is 9.86. The molecule has 0 aromatic carbocycles. The number of nitrogens with zero attached hydrogens (tertiary/aromatic N) is 3. The predicted octanol–water partition coefficient (Wildman–Crippen LogP) is 2.33. The van der Waals surface area contributed by atoms with Gasteiger partial charge in [0.2, 0.25) is 5.91 Å². The van der Waals surface area contributed by atoms with Crippen molar-refractivity contribution in [3.05, 3.63) is 18.6 Å². The van der Waals surface area contributed by atoms with E-state index in [1.807, 2.05) is 0 Å². The number of anilines is 1. The van der Waals surface area contributed by atoms with Gasteiger partial charge in [-0.2, -0.15) is 0 Å². The summed E-state index contributed by atoms with van der Waals surface area (Å²) in [6, 6.07) is 0.199. The molecule has 0 unspecified atom stereocenters. The smallest absolute Gasteiger partial charge is 0.223 e. The van der Waals surface area contributed by atoms with E-state index in [1.165, 1.54) is 0 Å². The van der Waals surface area contributed by atoms with Gasteiger partial charge in [0.25, 0.3) is 0 Å². The summed E-state index contributed by atoms with van der Waals surface area (Å²) in [7, 11) is 0. The molecule has 2 aliphatic rings. The van der Waals surface area contributed by atoms with Gasteiger partial charge in [0.1, 0.15) is 5.82 Å². The molecule has 2 heterocycles. The molecule has 1 aromatic heterocycles. The zero-order valence-corrected chi connectivity index (χ0v) is 18.1. The highest BCUT2D eigenvalue weighted by molar-refractivity contribution is 5.85. The maximum Gasteiger partial charge on any atom is 0.223 e. The Morgan fingerprint density at radius 3 is 2.61 bits per heavy atom. The summed E-state index contributed by atoms with van der Waals surface area (Å²) in [5, 5.41) is 3.24. The summed E-state index contributed by atoms with van der Waals surface area (Å²) in [4.78, 5) is 23.3. The number of rotatable bonds is 6. The largest absolute Gasteiger partial charge is 0.377 e. The highest BCUT2D eigenvalue weighted by Crippen LogP contribution is 2.26. The summed E-state index contributed by atoms with van der Waals surface area (Å²) in [6.07, 6.45) is 10.6. The topological polar surface area (TPSA) is 93.4 Å². The number of nitrogens with one attached hydrogen (secondary N) is 1. The van der Waals surface area contributed by atoms with E-state index in [0.717, 1.165) is 64.0 Å². The lowest BCUT2D eigenvalue weighted by Crippen LogP contribution is -2.50. The maximum absolute atomic E-state index is 12.6. The van der Waals surface area contributed by atoms with E-state index in [-0.39, 0.29) is 54.8 Å². The van der Waals surface area contributed by atoms with Gasteiger partial charge in [0, 0.05) is 50.1 Å². The van der Waals surface area contributed by atoms with Crippen molar-refractivity contribution in [2.45, 2.75) is 63.6 Å². The van der Waals surface area contributed by atoms with E-state index in [4.69, 9.17) is 10.5 Å². The van der Waals surface area contributed by atoms with E-state index in [1.54, 1.807) is 18.6 Å². The minimum absolute atomic E-state index is 0. The molecule has 0 bridgehead atoms. The first-order chi connectivity index (χ1) is 12.7. The number of hydrogen-bond acceptors (Lipinski definition) is 6. The van der Waals surface area contributed by atoms with Gasteiger partial charge in [0.15, 0.2) is 0 Å². The molecule has 160 valence electrons. The molecule has 3 N–H and O–H groups in total. The Labute approximate surface area is 180 Å². The SMILES string of the molecule is CCCO[C@@H]1CC[C@H](C(=O)NC2CCN(c3cnccn3)CC2)C[C@H]1N.Cl.Cl. The third kappa shape index (κ3) is 6.72. The Hall–Kier alpha value is -1.15. The van der Waals surface area contributed by atoms with Crippen LogP contribution in [0.5, 0.6) is 0 Å². The molecule has 1 saturated heterocycles. The van der Waals surface area contributed by atoms with Crippen LogP contribution in [0.15, 0.2) is 18.6 Å². The van der Waals surface area contributed by atoms with Crippen LogP contribution in [0, 0.1) is 5.92 Å². The van der Waals surface area contributed by atoms with Gasteiger partial charge in [-0.05, 0) is 38.5 Å². The summed E-state index contributed by atoms with van der Waals surface area (Å²) >= 11 is 0. The molecule has 7 nitrogen and oxygen atoms in total. The zero-order chi connectivity index (χ0) is 18.4. The van der Waals surface area contributed by atoms with Gasteiger partial charge in [-0.3, -0.25) is 9.78 Å². The fourth-order valence-corrected chi connectivity index (χ4v) is 3.92. The minimum atomic E-state index is -0.0375. The summed E-state index contributed by atoms with van der Waals surface area (Å²) in [5.41, 5.74) is 6.24. The number of carbonyl (C=O) groups is 1. The average molecular weight is 434 g/mol. The number of halogens is 2. The lowest BCUT2D eigenvalue weighted by atomic mass is 9.83. The average Bonchev–Trinajstić information content (AvgIpc) is 2.68. The predicted molar refractivity (Wildman–Crippen MR) is 115 cm³/mol. The number of carbonyl (C=O) groups excluding carboxylic acids is 1. The van der Waals surface area contributed by atoms with E-state index < -0.39 is 0 Å². The molecule has 28 heavy (non-hydrogen) atoms. The van der Waals surface area contributed by atoms with Crippen LogP contribution in [0.4, 0.5) is 5.82 Å². The van der Waals surface area contributed by atoms with Crippen molar-refractivity contribution >= 4 is 36.5 Å². The molecule has 1 aromatic rings. The zero-order valence-electron chi connectivity index (χ0n) is 16.5. The van der Waals surface area contributed by atoms with Gasteiger partial charge in [-0.15, -0.1) is 24.8 Å². The summed E-state index contributed by atoms with van der Waals surface area (Å²) < 4.78 is 5.80. The number of piperidine rings is 1. The standard InChI is InChI=1S/C19H31N5O2.2ClH/c1-2-11-26-17-4-3-14(12-16(17)20)19(25)23-15-5-9-24(10-6-15)18-13-21-7-8-22-18;;/h7-8,13-17H,2-6,9-12,20H2,1H3,(H,23,25);2*1H/t14-,16+,17+;;/m0../s1. The van der Waals surface area contributed by atoms with Crippen molar-refractivity contribution in [2.75, 3.05) is 24.6 Å². The number of hydrogen-bond donors (Lipinski definition) is 2. The first-order valence-electron chi connectivity index (χ1n) is 9.86. The first kappa shape index (κ1) is 24.9. The molecule has 1 aliphatic carbocycles. The van der Waals surface area contributed by atoms with Gasteiger partial charge in [-0.1, -0.05) is 6.92 Å². The number of nitrogens with two attached hydrogens (primary N) is 1. The molecule has 1 saturated carbocycles. The van der Waals surface area contributed by atoms with Crippen LogP contribution in [0.3, 0.4) is 0 Å². The van der Waals surface area contributed by atoms with E-state index in [9.17, 15) is 4.79 Å². The van der Waals surface area contributed by atoms with Crippen LogP contribution in [0.1, 0.15) is 45.4 Å². The molecule has 1 amide bonds. The minimum Gasteiger partial charge on any atom is -0.377 e. The quantitative estimate of drug-likeness (QED) is 0.714. The van der Waals surface area contributed by atoms with Crippen LogP contribution in [0.25, 0.3) is 0 Å². The van der Waals surface area contributed by atoms with Crippen molar-refractivity contribution in [1.82, 2.24) is 15.3 Å². The lowest BCUT2D eigenvalue weighted by molar-refractivity contribution is -0.128. The molecular weight excluding hydrogens is 401 g/mol. The fourth-order valence-electron chi connectivity index (χ4n) is 3.92. The van der Waals surface area contributed by atoms with Crippen LogP contribution in [0.2, 0.25) is 0 Å². The van der Waals surface area contributed by atoms with Crippen molar-refractivity contribution in [3.63, 3.8) is 0 Å². The molecule has 2 fully saturated rings. The lowest BCUT2D eigenvalue weighted by Gasteiger charge is -2.36. The Balaban J connectivity index is 0.00000196. The van der Waals surface area contributed by atoms with E-state index >= 15 is 0 Å². The third-order valence-corrected chi connectivity index (χ3v) is 5.46. The Morgan fingerprint density at radius 1 is 1.25 bits per heavy atom. The summed E-state index contributed by atoms with van der Waals surface area (Å²) in [6.45, 7) is 4.63. The van der Waals surface area contributed by atoms with Gasteiger partial charge >= 0.3 is 0 Å². The highest BCUT2D eigenvalue weighted by Gasteiger charge is 2.33. The molecule has 9 heteroatoms. The van der Waals surface area contributed by atoms with Crippen molar-refractivity contribution in [1.29, 1.82) is 0 Å². The second kappa shape index (κ2) is 12.4. The van der Waals surface area contributed by atoms with Crippen LogP contribution >= 0.6 is 24.8 Å². The molecule has 3 rings (SSSR count). The molecule has 0 radical (unpaired) electrons. The van der Waals surface area contributed by atoms with Crippen LogP contribution in [-0.2, 0) is 9.53 Å². The third-order valence-electron chi connectivity index (χ3n) is 5.46. The van der Waals surface area contributed by atoms with Crippen LogP contribution in [-0.4, -0.2) is 53.8 Å². The van der Waals surface area contributed by atoms with E-state index in [0.29, 0.717) is 0 Å². The van der Waals surface area contributed by atoms with Gasteiger partial charge in [-0.25, -0.2) is 4.98 Å². The summed E-state index contributed by atoms with van der Waals surface area (Å²) in [5.74, 6) is 1.09. The van der Waals surface area contributed by atoms with Crippen molar-refractivity contribution < 1.29 is 9.53 Å². The number of ether oxygens (including phenoxy) is 1. The Bertz CT molecular complexity index is 573. The fraction of sp³-hybridized carbons (Fsp3) is 0.737. The molecule has 0 spiro atoms. The number of amides is 1. The normalized spacial score (nSPS) is 25.4. The second-order valence-electron chi connectivity index (χ2n) is 7.42. The maximum atomic E-state index is 12.6.